The first-order valence-electron chi connectivity index (χ1n) is 8.86. The fourth-order valence-corrected chi connectivity index (χ4v) is 2.37. The second-order valence-corrected chi connectivity index (χ2v) is 7.47. The lowest BCUT2D eigenvalue weighted by Gasteiger charge is -2.17. The summed E-state index contributed by atoms with van der Waals surface area (Å²) in [5, 5.41) is 10.0. The van der Waals surface area contributed by atoms with E-state index in [4.69, 9.17) is 4.74 Å². The first-order valence-corrected chi connectivity index (χ1v) is 8.86. The average Bonchev–Trinajstić information content (AvgIpc) is 3.17. The molecule has 0 saturated carbocycles. The summed E-state index contributed by atoms with van der Waals surface area (Å²) in [7, 11) is 1.52. The standard InChI is InChI=1S/C19H21N7O3/c1-19(2,3)11-22-18(27)16-23-17(14-7-5-12(25-28)9-20-14)26(24-16)13-6-8-15(29-4)21-10-13/h5-10H,11H2,1-4H3,(H,22,27). The van der Waals surface area contributed by atoms with Crippen molar-refractivity contribution in [3.8, 4) is 23.1 Å². The van der Waals surface area contributed by atoms with Crippen LogP contribution in [0.25, 0.3) is 17.2 Å². The zero-order valence-electron chi connectivity index (χ0n) is 16.6. The van der Waals surface area contributed by atoms with Crippen LogP contribution in [0.5, 0.6) is 5.88 Å². The smallest absolute Gasteiger partial charge is 0.291 e. The number of nitrogens with zero attached hydrogens (tertiary/aromatic N) is 6. The summed E-state index contributed by atoms with van der Waals surface area (Å²) in [6, 6.07) is 6.51. The van der Waals surface area contributed by atoms with E-state index in [9.17, 15) is 9.70 Å². The molecule has 10 heteroatoms. The average molecular weight is 395 g/mol. The van der Waals surface area contributed by atoms with E-state index in [-0.39, 0.29) is 16.9 Å². The van der Waals surface area contributed by atoms with Gasteiger partial charge in [-0.25, -0.2) is 14.6 Å². The van der Waals surface area contributed by atoms with Gasteiger partial charge >= 0.3 is 0 Å². The van der Waals surface area contributed by atoms with Crippen molar-refractivity contribution in [3.05, 3.63) is 47.4 Å². The number of hydrogen-bond acceptors (Lipinski definition) is 8. The van der Waals surface area contributed by atoms with Gasteiger partial charge in [0.1, 0.15) is 11.4 Å². The van der Waals surface area contributed by atoms with Gasteiger partial charge in [0.25, 0.3) is 5.91 Å². The van der Waals surface area contributed by atoms with E-state index in [1.54, 1.807) is 24.4 Å². The molecule has 0 aromatic carbocycles. The van der Waals surface area contributed by atoms with Gasteiger partial charge in [-0.15, -0.1) is 10.0 Å². The molecule has 0 aliphatic carbocycles. The predicted octanol–water partition coefficient (Wildman–Crippen LogP) is 2.91. The lowest BCUT2D eigenvalue weighted by Crippen LogP contribution is -2.32. The molecular weight excluding hydrogens is 374 g/mol. The monoisotopic (exact) mass is 395 g/mol. The first kappa shape index (κ1) is 20.1. The van der Waals surface area contributed by atoms with Gasteiger partial charge in [0.05, 0.1) is 25.2 Å². The number of carbonyl (C=O) groups is 1. The Balaban J connectivity index is 2.02. The minimum atomic E-state index is -0.396. The van der Waals surface area contributed by atoms with Crippen molar-refractivity contribution < 1.29 is 9.53 Å². The van der Waals surface area contributed by atoms with Crippen LogP contribution in [-0.2, 0) is 0 Å². The molecule has 0 unspecified atom stereocenters. The normalized spacial score (nSPS) is 11.2. The first-order chi connectivity index (χ1) is 13.8. The van der Waals surface area contributed by atoms with E-state index in [1.165, 1.54) is 24.1 Å². The summed E-state index contributed by atoms with van der Waals surface area (Å²) in [5.74, 6) is 0.375. The highest BCUT2D eigenvalue weighted by atomic mass is 16.5. The van der Waals surface area contributed by atoms with E-state index in [1.807, 2.05) is 20.8 Å². The third kappa shape index (κ3) is 4.78. The Bertz CT molecular complexity index is 1010. The van der Waals surface area contributed by atoms with Gasteiger partial charge in [0, 0.05) is 12.6 Å². The van der Waals surface area contributed by atoms with Crippen LogP contribution in [0.15, 0.2) is 41.8 Å². The number of nitroso groups, excluding NO2 is 1. The highest BCUT2D eigenvalue weighted by Crippen LogP contribution is 2.22. The zero-order chi connectivity index (χ0) is 21.0. The highest BCUT2D eigenvalue weighted by molar-refractivity contribution is 5.91. The highest BCUT2D eigenvalue weighted by Gasteiger charge is 2.21. The third-order valence-corrected chi connectivity index (χ3v) is 3.85. The topological polar surface area (TPSA) is 124 Å². The van der Waals surface area contributed by atoms with Gasteiger partial charge in [-0.3, -0.25) is 9.78 Å². The number of nitrogens with one attached hydrogen (secondary N) is 1. The molecule has 3 aromatic heterocycles. The minimum absolute atomic E-state index is 0.000503. The predicted molar refractivity (Wildman–Crippen MR) is 106 cm³/mol. The van der Waals surface area contributed by atoms with Crippen LogP contribution in [0.3, 0.4) is 0 Å². The van der Waals surface area contributed by atoms with Crippen LogP contribution >= 0.6 is 0 Å². The van der Waals surface area contributed by atoms with E-state index in [0.717, 1.165) is 0 Å². The van der Waals surface area contributed by atoms with Gasteiger partial charge in [-0.05, 0) is 28.8 Å². The zero-order valence-corrected chi connectivity index (χ0v) is 16.6. The summed E-state index contributed by atoms with van der Waals surface area (Å²) in [4.78, 5) is 36.0. The minimum Gasteiger partial charge on any atom is -0.481 e. The second kappa shape index (κ2) is 8.13. The van der Waals surface area contributed by atoms with Crippen LogP contribution in [0.4, 0.5) is 5.69 Å². The van der Waals surface area contributed by atoms with Gasteiger partial charge < -0.3 is 10.1 Å². The second-order valence-electron chi connectivity index (χ2n) is 7.47. The molecule has 0 bridgehead atoms. The molecule has 10 nitrogen and oxygen atoms in total. The Morgan fingerprint density at radius 2 is 1.97 bits per heavy atom. The molecule has 1 N–H and O–H groups in total. The molecule has 0 aliphatic heterocycles. The number of amides is 1. The van der Waals surface area contributed by atoms with E-state index >= 15 is 0 Å². The molecule has 29 heavy (non-hydrogen) atoms. The number of carbonyl (C=O) groups excluding carboxylic acids is 1. The van der Waals surface area contributed by atoms with Crippen LogP contribution in [0.1, 0.15) is 31.4 Å². The Kier molecular flexibility index (Phi) is 5.62. The van der Waals surface area contributed by atoms with Gasteiger partial charge in [-0.2, -0.15) is 0 Å². The van der Waals surface area contributed by atoms with E-state index in [2.05, 4.69) is 30.5 Å². The Morgan fingerprint density at radius 3 is 2.52 bits per heavy atom. The number of aromatic nitrogens is 5. The summed E-state index contributed by atoms with van der Waals surface area (Å²) in [6.45, 7) is 6.51. The molecule has 1 amide bonds. The molecule has 0 aliphatic rings. The van der Waals surface area contributed by atoms with Crippen LogP contribution in [0.2, 0.25) is 0 Å². The summed E-state index contributed by atoms with van der Waals surface area (Å²) < 4.78 is 6.55. The number of ether oxygens (including phenoxy) is 1. The third-order valence-electron chi connectivity index (χ3n) is 3.85. The molecule has 0 spiro atoms. The molecule has 3 heterocycles. The Hall–Kier alpha value is -3.69. The molecule has 3 rings (SSSR count). The van der Waals surface area contributed by atoms with Crippen molar-refractivity contribution >= 4 is 11.6 Å². The van der Waals surface area contributed by atoms with Crippen LogP contribution in [0, 0.1) is 10.3 Å². The fraction of sp³-hybridized carbons (Fsp3) is 0.316. The van der Waals surface area contributed by atoms with Crippen molar-refractivity contribution in [2.24, 2.45) is 10.6 Å². The fourth-order valence-electron chi connectivity index (χ4n) is 2.37. The van der Waals surface area contributed by atoms with Gasteiger partial charge in [0.15, 0.2) is 5.82 Å². The summed E-state index contributed by atoms with van der Waals surface area (Å²) in [5.41, 5.74) is 1.10. The quantitative estimate of drug-likeness (QED) is 0.636. The van der Waals surface area contributed by atoms with Gasteiger partial charge in [0.2, 0.25) is 11.7 Å². The molecule has 0 fully saturated rings. The van der Waals surface area contributed by atoms with Crippen molar-refractivity contribution in [2.75, 3.05) is 13.7 Å². The molecule has 150 valence electrons. The number of hydrogen-bond donors (Lipinski definition) is 1. The largest absolute Gasteiger partial charge is 0.481 e. The van der Waals surface area contributed by atoms with Crippen molar-refractivity contribution in [1.82, 2.24) is 30.0 Å². The van der Waals surface area contributed by atoms with Crippen molar-refractivity contribution in [2.45, 2.75) is 20.8 Å². The molecule has 0 radical (unpaired) electrons. The Labute approximate surface area is 167 Å². The van der Waals surface area contributed by atoms with Crippen molar-refractivity contribution in [1.29, 1.82) is 0 Å². The van der Waals surface area contributed by atoms with Crippen LogP contribution < -0.4 is 10.1 Å². The van der Waals surface area contributed by atoms with E-state index in [0.29, 0.717) is 29.6 Å². The molecule has 0 saturated heterocycles. The van der Waals surface area contributed by atoms with Crippen molar-refractivity contribution in [3.63, 3.8) is 0 Å². The van der Waals surface area contributed by atoms with Gasteiger partial charge in [-0.1, -0.05) is 20.8 Å². The van der Waals surface area contributed by atoms with Crippen LogP contribution in [-0.4, -0.2) is 44.3 Å². The lowest BCUT2D eigenvalue weighted by molar-refractivity contribution is 0.0929. The maximum atomic E-state index is 12.6. The maximum Gasteiger partial charge on any atom is 0.291 e. The maximum absolute atomic E-state index is 12.6. The Morgan fingerprint density at radius 1 is 1.17 bits per heavy atom. The SMILES string of the molecule is COc1ccc(-n2nc(C(=O)NCC(C)(C)C)nc2-c2ccc(N=O)cn2)cn1. The lowest BCUT2D eigenvalue weighted by atomic mass is 9.97. The molecule has 0 atom stereocenters. The molecule has 3 aromatic rings. The number of rotatable bonds is 6. The summed E-state index contributed by atoms with van der Waals surface area (Å²) >= 11 is 0. The number of pyridine rings is 2. The molecular formula is C19H21N7O3. The number of methoxy groups -OCH3 is 1. The summed E-state index contributed by atoms with van der Waals surface area (Å²) in [6.07, 6.45) is 2.88. The van der Waals surface area contributed by atoms with E-state index < -0.39 is 5.91 Å².